The molecule has 0 fully saturated rings. The maximum absolute atomic E-state index is 6.44. The van der Waals surface area contributed by atoms with E-state index in [9.17, 15) is 0 Å². The summed E-state index contributed by atoms with van der Waals surface area (Å²) in [5, 5.41) is 0.648. The van der Waals surface area contributed by atoms with E-state index < -0.39 is 0 Å². The van der Waals surface area contributed by atoms with E-state index in [0.717, 1.165) is 18.4 Å². The van der Waals surface area contributed by atoms with E-state index >= 15 is 0 Å². The molecular formula is C13H18Cl2O. The lowest BCUT2D eigenvalue weighted by molar-refractivity contribution is 0.414. The zero-order valence-corrected chi connectivity index (χ0v) is 11.5. The molecule has 1 aromatic carbocycles. The smallest absolute Gasteiger partial charge is 0.137 e. The quantitative estimate of drug-likeness (QED) is 0.673. The Balaban J connectivity index is 2.91. The molecule has 0 amide bonds. The predicted molar refractivity (Wildman–Crippen MR) is 70.7 cm³/mol. The molecule has 0 aliphatic heterocycles. The van der Waals surface area contributed by atoms with Gasteiger partial charge in [0.25, 0.3) is 0 Å². The van der Waals surface area contributed by atoms with Gasteiger partial charge in [0.05, 0.1) is 17.5 Å². The van der Waals surface area contributed by atoms with Crippen LogP contribution in [0.15, 0.2) is 18.2 Å². The summed E-state index contributed by atoms with van der Waals surface area (Å²) >= 11 is 12.5. The lowest BCUT2D eigenvalue weighted by Gasteiger charge is -2.20. The summed E-state index contributed by atoms with van der Waals surface area (Å²) in [6.45, 7) is 4.32. The molecule has 90 valence electrons. The highest BCUT2D eigenvalue weighted by molar-refractivity contribution is 6.32. The molecule has 1 rings (SSSR count). The number of benzene rings is 1. The fourth-order valence-electron chi connectivity index (χ4n) is 1.83. The van der Waals surface area contributed by atoms with Gasteiger partial charge in [-0.2, -0.15) is 0 Å². The maximum Gasteiger partial charge on any atom is 0.137 e. The first-order valence-corrected chi connectivity index (χ1v) is 6.42. The van der Waals surface area contributed by atoms with Crippen molar-refractivity contribution in [3.05, 3.63) is 28.8 Å². The molecule has 0 bridgehead atoms. The van der Waals surface area contributed by atoms with Gasteiger partial charge in [0, 0.05) is 0 Å². The molecule has 0 aliphatic carbocycles. The Bertz CT molecular complexity index is 335. The van der Waals surface area contributed by atoms with E-state index in [1.165, 1.54) is 0 Å². The number of ether oxygens (including phenoxy) is 1. The highest BCUT2D eigenvalue weighted by atomic mass is 35.5. The zero-order valence-electron chi connectivity index (χ0n) is 9.97. The minimum atomic E-state index is 0.0263. The van der Waals surface area contributed by atoms with Gasteiger partial charge in [-0.25, -0.2) is 0 Å². The van der Waals surface area contributed by atoms with Gasteiger partial charge in [-0.3, -0.25) is 0 Å². The standard InChI is InChI=1S/C13H18Cl2O/c1-4-9(5-2)13(15)10-6-7-12(16-3)11(14)8-10/h6-9,13H,4-5H2,1-3H3. The molecule has 0 radical (unpaired) electrons. The second kappa shape index (κ2) is 6.36. The van der Waals surface area contributed by atoms with E-state index in [4.69, 9.17) is 27.9 Å². The zero-order chi connectivity index (χ0) is 12.1. The third-order valence-corrected chi connectivity index (χ3v) is 3.86. The second-order valence-corrected chi connectivity index (χ2v) is 4.75. The number of rotatable bonds is 5. The molecule has 3 heteroatoms. The first-order valence-electron chi connectivity index (χ1n) is 5.61. The number of alkyl halides is 1. The summed E-state index contributed by atoms with van der Waals surface area (Å²) in [5.41, 5.74) is 1.07. The minimum absolute atomic E-state index is 0.0263. The first kappa shape index (κ1) is 13.7. The van der Waals surface area contributed by atoms with Gasteiger partial charge in [-0.1, -0.05) is 44.4 Å². The number of hydrogen-bond donors (Lipinski definition) is 0. The van der Waals surface area contributed by atoms with Crippen molar-refractivity contribution in [1.29, 1.82) is 0 Å². The van der Waals surface area contributed by atoms with Crippen molar-refractivity contribution in [1.82, 2.24) is 0 Å². The van der Waals surface area contributed by atoms with E-state index in [-0.39, 0.29) is 5.38 Å². The molecule has 1 aromatic rings. The van der Waals surface area contributed by atoms with E-state index in [2.05, 4.69) is 13.8 Å². The molecule has 0 saturated carbocycles. The second-order valence-electron chi connectivity index (χ2n) is 3.87. The number of halogens is 2. The van der Waals surface area contributed by atoms with Gasteiger partial charge in [-0.05, 0) is 23.6 Å². The molecule has 0 aliphatic rings. The summed E-state index contributed by atoms with van der Waals surface area (Å²) in [5.74, 6) is 1.19. The van der Waals surface area contributed by atoms with Crippen LogP contribution in [0, 0.1) is 5.92 Å². The van der Waals surface area contributed by atoms with Gasteiger partial charge >= 0.3 is 0 Å². The van der Waals surface area contributed by atoms with Crippen LogP contribution in [0.5, 0.6) is 5.75 Å². The minimum Gasteiger partial charge on any atom is -0.495 e. The maximum atomic E-state index is 6.44. The largest absolute Gasteiger partial charge is 0.495 e. The van der Waals surface area contributed by atoms with Crippen LogP contribution >= 0.6 is 23.2 Å². The summed E-state index contributed by atoms with van der Waals surface area (Å²) in [6.07, 6.45) is 2.16. The molecule has 16 heavy (non-hydrogen) atoms. The lowest BCUT2D eigenvalue weighted by Crippen LogP contribution is -2.05. The highest BCUT2D eigenvalue weighted by Crippen LogP contribution is 2.36. The monoisotopic (exact) mass is 260 g/mol. The number of methoxy groups -OCH3 is 1. The number of hydrogen-bond acceptors (Lipinski definition) is 1. The third-order valence-electron chi connectivity index (χ3n) is 2.96. The van der Waals surface area contributed by atoms with Gasteiger partial charge in [0.15, 0.2) is 0 Å². The van der Waals surface area contributed by atoms with Crippen LogP contribution in [0.25, 0.3) is 0 Å². The molecule has 0 heterocycles. The molecule has 1 atom stereocenters. The highest BCUT2D eigenvalue weighted by Gasteiger charge is 2.18. The van der Waals surface area contributed by atoms with Crippen LogP contribution < -0.4 is 4.74 Å². The topological polar surface area (TPSA) is 9.23 Å². The van der Waals surface area contributed by atoms with Crippen LogP contribution in [0.2, 0.25) is 5.02 Å². The molecule has 1 nitrogen and oxygen atoms in total. The van der Waals surface area contributed by atoms with Crippen molar-refractivity contribution < 1.29 is 4.74 Å². The van der Waals surface area contributed by atoms with Crippen molar-refractivity contribution in [2.45, 2.75) is 32.1 Å². The summed E-state index contributed by atoms with van der Waals surface area (Å²) < 4.78 is 5.12. The fourth-order valence-corrected chi connectivity index (χ4v) is 2.59. The van der Waals surface area contributed by atoms with Crippen LogP contribution in [0.1, 0.15) is 37.6 Å². The Morgan fingerprint density at radius 1 is 1.25 bits per heavy atom. The molecule has 1 unspecified atom stereocenters. The molecule has 0 aromatic heterocycles. The van der Waals surface area contributed by atoms with Crippen molar-refractivity contribution in [2.24, 2.45) is 5.92 Å². The van der Waals surface area contributed by atoms with Gasteiger partial charge < -0.3 is 4.74 Å². The SMILES string of the molecule is CCC(CC)C(Cl)c1ccc(OC)c(Cl)c1. The average molecular weight is 261 g/mol. The average Bonchev–Trinajstić information content (AvgIpc) is 2.30. The van der Waals surface area contributed by atoms with Crippen molar-refractivity contribution in [3.63, 3.8) is 0 Å². The van der Waals surface area contributed by atoms with Crippen molar-refractivity contribution in [3.8, 4) is 5.75 Å². The Kier molecular flexibility index (Phi) is 5.43. The van der Waals surface area contributed by atoms with Crippen LogP contribution in [-0.4, -0.2) is 7.11 Å². The van der Waals surface area contributed by atoms with Gasteiger partial charge in [0.2, 0.25) is 0 Å². The molecule has 0 N–H and O–H groups in total. The lowest BCUT2D eigenvalue weighted by atomic mass is 9.94. The summed E-state index contributed by atoms with van der Waals surface area (Å²) in [7, 11) is 1.61. The van der Waals surface area contributed by atoms with E-state index in [1.54, 1.807) is 7.11 Å². The Morgan fingerprint density at radius 3 is 2.31 bits per heavy atom. The Hall–Kier alpha value is -0.400. The molecular weight excluding hydrogens is 243 g/mol. The molecule has 0 spiro atoms. The van der Waals surface area contributed by atoms with Gasteiger partial charge in [-0.15, -0.1) is 11.6 Å². The van der Waals surface area contributed by atoms with E-state index in [0.29, 0.717) is 16.7 Å². The first-order chi connectivity index (χ1) is 7.63. The Morgan fingerprint density at radius 2 is 1.88 bits per heavy atom. The third kappa shape index (κ3) is 3.05. The van der Waals surface area contributed by atoms with Crippen molar-refractivity contribution in [2.75, 3.05) is 7.11 Å². The van der Waals surface area contributed by atoms with E-state index in [1.807, 2.05) is 18.2 Å². The van der Waals surface area contributed by atoms with Crippen molar-refractivity contribution >= 4 is 23.2 Å². The van der Waals surface area contributed by atoms with Gasteiger partial charge in [0.1, 0.15) is 5.75 Å². The van der Waals surface area contributed by atoms with Crippen LogP contribution in [-0.2, 0) is 0 Å². The summed E-state index contributed by atoms with van der Waals surface area (Å²) in [6, 6.07) is 5.76. The summed E-state index contributed by atoms with van der Waals surface area (Å²) in [4.78, 5) is 0. The van der Waals surface area contributed by atoms with Crippen LogP contribution in [0.4, 0.5) is 0 Å². The normalized spacial score (nSPS) is 12.9. The Labute approximate surface area is 108 Å². The van der Waals surface area contributed by atoms with Crippen LogP contribution in [0.3, 0.4) is 0 Å². The fraction of sp³-hybridized carbons (Fsp3) is 0.538. The molecule has 0 saturated heterocycles. The predicted octanol–water partition coefficient (Wildman–Crippen LogP) is 5.06.